The number of aromatic nitrogens is 2. The van der Waals surface area contributed by atoms with Gasteiger partial charge in [0.15, 0.2) is 5.82 Å². The van der Waals surface area contributed by atoms with Crippen LogP contribution in [0.4, 0.5) is 11.6 Å². The van der Waals surface area contributed by atoms with Gasteiger partial charge in [-0.15, -0.1) is 0 Å². The van der Waals surface area contributed by atoms with Crippen LogP contribution >= 0.6 is 0 Å². The zero-order valence-corrected chi connectivity index (χ0v) is 10.8. The van der Waals surface area contributed by atoms with Crippen LogP contribution in [0.25, 0.3) is 0 Å². The summed E-state index contributed by atoms with van der Waals surface area (Å²) >= 11 is 0. The topological polar surface area (TPSA) is 70.5 Å². The molecule has 0 amide bonds. The Morgan fingerprint density at radius 2 is 2.24 bits per heavy atom. The molecule has 0 aliphatic rings. The van der Waals surface area contributed by atoms with Gasteiger partial charge >= 0.3 is 0 Å². The van der Waals surface area contributed by atoms with Crippen LogP contribution in [0.5, 0.6) is 0 Å². The predicted octanol–water partition coefficient (Wildman–Crippen LogP) is 0.482. The van der Waals surface area contributed by atoms with Crippen LogP contribution in [0, 0.1) is 0 Å². The Morgan fingerprint density at radius 1 is 1.53 bits per heavy atom. The highest BCUT2D eigenvalue weighted by Crippen LogP contribution is 2.16. The van der Waals surface area contributed by atoms with Crippen molar-refractivity contribution in [1.29, 1.82) is 0 Å². The maximum Gasteiger partial charge on any atom is 0.158 e. The third-order valence-corrected chi connectivity index (χ3v) is 2.58. The number of aliphatic hydroxyl groups is 1. The van der Waals surface area contributed by atoms with Crippen molar-refractivity contribution in [2.75, 3.05) is 38.0 Å². The zero-order valence-electron chi connectivity index (χ0n) is 10.8. The molecule has 0 bridgehead atoms. The summed E-state index contributed by atoms with van der Waals surface area (Å²) in [5, 5.41) is 12.1. The lowest BCUT2D eigenvalue weighted by atomic mass is 10.3. The molecule has 0 aromatic carbocycles. The monoisotopic (exact) mass is 240 g/mol. The largest absolute Gasteiger partial charge is 0.394 e. The van der Waals surface area contributed by atoms with Gasteiger partial charge in [-0.1, -0.05) is 0 Å². The number of nitrogens with one attached hydrogen (secondary N) is 1. The van der Waals surface area contributed by atoms with E-state index >= 15 is 0 Å². The van der Waals surface area contributed by atoms with E-state index in [1.165, 1.54) is 0 Å². The summed E-state index contributed by atoms with van der Waals surface area (Å²) in [4.78, 5) is 10.6. The molecule has 1 aromatic heterocycles. The standard InChI is InChI=1S/C11H20N4O2/c1-8(6-16)15(3)11-5-9(12-2)13-10(14-11)7-17-4/h5,8,16H,6-7H2,1-4H3,(H,12,13,14). The Hall–Kier alpha value is -1.40. The van der Waals surface area contributed by atoms with Gasteiger partial charge in [0.25, 0.3) is 0 Å². The van der Waals surface area contributed by atoms with E-state index in [0.29, 0.717) is 12.4 Å². The highest BCUT2D eigenvalue weighted by atomic mass is 16.5. The van der Waals surface area contributed by atoms with Crippen molar-refractivity contribution < 1.29 is 9.84 Å². The molecule has 96 valence electrons. The van der Waals surface area contributed by atoms with E-state index in [0.717, 1.165) is 11.6 Å². The molecule has 1 aromatic rings. The number of ether oxygens (including phenoxy) is 1. The molecule has 2 N–H and O–H groups in total. The van der Waals surface area contributed by atoms with Crippen LogP contribution in [-0.2, 0) is 11.3 Å². The van der Waals surface area contributed by atoms with Crippen molar-refractivity contribution in [3.05, 3.63) is 11.9 Å². The first-order chi connectivity index (χ1) is 8.12. The van der Waals surface area contributed by atoms with Crippen LogP contribution in [0.15, 0.2) is 6.07 Å². The Kier molecular flexibility index (Phi) is 5.11. The number of likely N-dealkylation sites (N-methyl/N-ethyl adjacent to an activating group) is 1. The summed E-state index contributed by atoms with van der Waals surface area (Å²) in [7, 11) is 5.30. The molecule has 0 radical (unpaired) electrons. The molecule has 1 atom stereocenters. The minimum atomic E-state index is 0.00463. The van der Waals surface area contributed by atoms with Crippen LogP contribution in [0.3, 0.4) is 0 Å². The van der Waals surface area contributed by atoms with Crippen LogP contribution in [-0.4, -0.2) is 48.9 Å². The highest BCUT2D eigenvalue weighted by molar-refractivity contribution is 5.49. The molecule has 0 saturated carbocycles. The van der Waals surface area contributed by atoms with E-state index in [4.69, 9.17) is 9.84 Å². The first-order valence-electron chi connectivity index (χ1n) is 5.50. The Balaban J connectivity index is 3.01. The molecule has 17 heavy (non-hydrogen) atoms. The first-order valence-corrected chi connectivity index (χ1v) is 5.50. The Labute approximate surface area is 102 Å². The zero-order chi connectivity index (χ0) is 12.8. The molecule has 0 aliphatic carbocycles. The summed E-state index contributed by atoms with van der Waals surface area (Å²) in [5.41, 5.74) is 0. The van der Waals surface area contributed by atoms with Crippen molar-refractivity contribution in [3.63, 3.8) is 0 Å². The van der Waals surface area contributed by atoms with E-state index in [9.17, 15) is 0 Å². The SMILES string of the molecule is CNc1cc(N(C)C(C)CO)nc(COC)n1. The first kappa shape index (κ1) is 13.7. The second-order valence-electron chi connectivity index (χ2n) is 3.85. The molecular weight excluding hydrogens is 220 g/mol. The maximum absolute atomic E-state index is 9.14. The number of rotatable bonds is 6. The summed E-state index contributed by atoms with van der Waals surface area (Å²) < 4.78 is 5.03. The van der Waals surface area contributed by atoms with Gasteiger partial charge in [-0.2, -0.15) is 0 Å². The molecule has 0 aliphatic heterocycles. The van der Waals surface area contributed by atoms with Gasteiger partial charge in [-0.25, -0.2) is 9.97 Å². The lowest BCUT2D eigenvalue weighted by molar-refractivity contribution is 0.178. The molecule has 0 saturated heterocycles. The minimum absolute atomic E-state index is 0.00463. The fourth-order valence-corrected chi connectivity index (χ4v) is 1.33. The van der Waals surface area contributed by atoms with Gasteiger partial charge in [-0.05, 0) is 6.92 Å². The number of methoxy groups -OCH3 is 1. The normalized spacial score (nSPS) is 12.3. The summed E-state index contributed by atoms with van der Waals surface area (Å²) in [6.45, 7) is 2.37. The summed E-state index contributed by atoms with van der Waals surface area (Å²) in [6.07, 6.45) is 0. The summed E-state index contributed by atoms with van der Waals surface area (Å²) in [6, 6.07) is 1.84. The third-order valence-electron chi connectivity index (χ3n) is 2.58. The van der Waals surface area contributed by atoms with Gasteiger partial charge in [0.1, 0.15) is 18.2 Å². The number of anilines is 2. The Bertz CT molecular complexity index is 359. The van der Waals surface area contributed by atoms with Gasteiger partial charge in [0.05, 0.1) is 12.6 Å². The molecule has 1 unspecified atom stereocenters. The van der Waals surface area contributed by atoms with Crippen molar-refractivity contribution in [2.45, 2.75) is 19.6 Å². The fraction of sp³-hybridized carbons (Fsp3) is 0.636. The van der Waals surface area contributed by atoms with E-state index in [1.807, 2.05) is 24.9 Å². The molecule has 0 spiro atoms. The molecule has 0 fully saturated rings. The van der Waals surface area contributed by atoms with Crippen LogP contribution in [0.2, 0.25) is 0 Å². The quantitative estimate of drug-likeness (QED) is 0.753. The lowest BCUT2D eigenvalue weighted by Crippen LogP contribution is -2.32. The van der Waals surface area contributed by atoms with Crippen molar-refractivity contribution in [3.8, 4) is 0 Å². The second-order valence-corrected chi connectivity index (χ2v) is 3.85. The van der Waals surface area contributed by atoms with Crippen LogP contribution < -0.4 is 10.2 Å². The third kappa shape index (κ3) is 3.54. The van der Waals surface area contributed by atoms with E-state index in [1.54, 1.807) is 14.2 Å². The smallest absolute Gasteiger partial charge is 0.158 e. The van der Waals surface area contributed by atoms with Gasteiger partial charge < -0.3 is 20.1 Å². The van der Waals surface area contributed by atoms with Crippen molar-refractivity contribution >= 4 is 11.6 Å². The van der Waals surface area contributed by atoms with Gasteiger partial charge in [0.2, 0.25) is 0 Å². The minimum Gasteiger partial charge on any atom is -0.394 e. The number of hydrogen-bond acceptors (Lipinski definition) is 6. The second kappa shape index (κ2) is 6.36. The molecule has 1 heterocycles. The van der Waals surface area contributed by atoms with Gasteiger partial charge in [-0.3, -0.25) is 0 Å². The number of hydrogen-bond donors (Lipinski definition) is 2. The average Bonchev–Trinajstić information content (AvgIpc) is 2.36. The number of aliphatic hydroxyl groups excluding tert-OH is 1. The molecule has 6 nitrogen and oxygen atoms in total. The van der Waals surface area contributed by atoms with Crippen LogP contribution in [0.1, 0.15) is 12.7 Å². The lowest BCUT2D eigenvalue weighted by Gasteiger charge is -2.24. The highest BCUT2D eigenvalue weighted by Gasteiger charge is 2.12. The number of nitrogens with zero attached hydrogens (tertiary/aromatic N) is 3. The van der Waals surface area contributed by atoms with Crippen molar-refractivity contribution in [1.82, 2.24) is 9.97 Å². The Morgan fingerprint density at radius 3 is 2.76 bits per heavy atom. The fourth-order valence-electron chi connectivity index (χ4n) is 1.33. The van der Waals surface area contributed by atoms with Gasteiger partial charge in [0, 0.05) is 27.3 Å². The summed E-state index contributed by atoms with van der Waals surface area (Å²) in [5.74, 6) is 2.11. The maximum atomic E-state index is 9.14. The van der Waals surface area contributed by atoms with E-state index in [2.05, 4.69) is 15.3 Å². The molecular formula is C11H20N4O2. The average molecular weight is 240 g/mol. The van der Waals surface area contributed by atoms with Crippen molar-refractivity contribution in [2.24, 2.45) is 0 Å². The van der Waals surface area contributed by atoms with E-state index < -0.39 is 0 Å². The predicted molar refractivity (Wildman–Crippen MR) is 67.2 cm³/mol. The molecule has 1 rings (SSSR count). The van der Waals surface area contributed by atoms with E-state index in [-0.39, 0.29) is 12.6 Å². The molecule has 6 heteroatoms.